The maximum Gasteiger partial charge on any atom is 0.233 e. The molecule has 0 amide bonds. The van der Waals surface area contributed by atoms with Gasteiger partial charge in [-0.1, -0.05) is 18.2 Å². The topological polar surface area (TPSA) is 115 Å². The highest BCUT2D eigenvalue weighted by atomic mass is 16.5. The lowest BCUT2D eigenvalue weighted by atomic mass is 10.2. The number of hydrogen-bond acceptors (Lipinski definition) is 8. The van der Waals surface area contributed by atoms with Crippen molar-refractivity contribution in [2.24, 2.45) is 5.84 Å². The quantitative estimate of drug-likeness (QED) is 0.282. The Labute approximate surface area is 141 Å². The van der Waals surface area contributed by atoms with Crippen LogP contribution >= 0.6 is 0 Å². The van der Waals surface area contributed by atoms with Gasteiger partial charge in [0.1, 0.15) is 25.1 Å². The Balaban J connectivity index is 1.57. The zero-order valence-corrected chi connectivity index (χ0v) is 13.6. The van der Waals surface area contributed by atoms with Crippen molar-refractivity contribution in [3.8, 4) is 11.6 Å². The number of nitrogens with zero attached hydrogens (tertiary/aromatic N) is 2. The Morgan fingerprint density at radius 1 is 1.17 bits per heavy atom. The number of nitrogen functional groups attached to an aromatic ring is 1. The van der Waals surface area contributed by atoms with Crippen LogP contribution in [0.5, 0.6) is 11.6 Å². The van der Waals surface area contributed by atoms with E-state index in [-0.39, 0.29) is 6.61 Å². The van der Waals surface area contributed by atoms with E-state index in [0.717, 1.165) is 11.3 Å². The largest absolute Gasteiger partial charge is 0.491 e. The lowest BCUT2D eigenvalue weighted by Crippen LogP contribution is -2.33. The number of aliphatic hydroxyl groups is 1. The molecule has 0 bridgehead atoms. The summed E-state index contributed by atoms with van der Waals surface area (Å²) in [6.45, 7) is 3.60. The highest BCUT2D eigenvalue weighted by molar-refractivity contribution is 5.32. The maximum absolute atomic E-state index is 9.91. The van der Waals surface area contributed by atoms with Gasteiger partial charge in [-0.3, -0.25) is 0 Å². The van der Waals surface area contributed by atoms with E-state index in [1.807, 2.05) is 31.2 Å². The summed E-state index contributed by atoms with van der Waals surface area (Å²) in [5.74, 6) is 6.87. The van der Waals surface area contributed by atoms with Crippen LogP contribution in [0.1, 0.15) is 5.56 Å². The molecule has 1 heterocycles. The van der Waals surface area contributed by atoms with E-state index in [1.54, 1.807) is 12.1 Å². The van der Waals surface area contributed by atoms with E-state index in [4.69, 9.17) is 15.3 Å². The van der Waals surface area contributed by atoms with Crippen molar-refractivity contribution in [2.75, 3.05) is 31.7 Å². The molecule has 130 valence electrons. The monoisotopic (exact) mass is 333 g/mol. The predicted octanol–water partition coefficient (Wildman–Crippen LogP) is 0.479. The summed E-state index contributed by atoms with van der Waals surface area (Å²) in [6.07, 6.45) is -0.598. The fourth-order valence-electron chi connectivity index (χ4n) is 1.93. The third kappa shape index (κ3) is 5.99. The Hall–Kier alpha value is -2.42. The van der Waals surface area contributed by atoms with Crippen LogP contribution in [-0.2, 0) is 0 Å². The summed E-state index contributed by atoms with van der Waals surface area (Å²) in [5.41, 5.74) is 3.43. The van der Waals surface area contributed by atoms with Gasteiger partial charge in [0.15, 0.2) is 5.82 Å². The van der Waals surface area contributed by atoms with Crippen LogP contribution < -0.4 is 26.1 Å². The number of para-hydroxylation sites is 1. The van der Waals surface area contributed by atoms with Crippen molar-refractivity contribution in [1.82, 2.24) is 15.5 Å². The number of aryl methyl sites for hydroxylation is 1. The number of benzene rings is 1. The third-order valence-electron chi connectivity index (χ3n) is 3.22. The molecular formula is C16H23N5O3. The summed E-state index contributed by atoms with van der Waals surface area (Å²) in [4.78, 5) is 0. The number of ether oxygens (including phenoxy) is 2. The van der Waals surface area contributed by atoms with Crippen LogP contribution in [0.3, 0.4) is 0 Å². The first kappa shape index (κ1) is 17.9. The van der Waals surface area contributed by atoms with Crippen molar-refractivity contribution < 1.29 is 14.6 Å². The second-order valence-electron chi connectivity index (χ2n) is 5.18. The van der Waals surface area contributed by atoms with Crippen LogP contribution in [-0.4, -0.2) is 47.7 Å². The third-order valence-corrected chi connectivity index (χ3v) is 3.22. The predicted molar refractivity (Wildman–Crippen MR) is 90.9 cm³/mol. The first-order chi connectivity index (χ1) is 11.7. The number of nitrogens with one attached hydrogen (secondary N) is 2. The molecule has 0 fully saturated rings. The highest BCUT2D eigenvalue weighted by Crippen LogP contribution is 2.16. The molecule has 8 heteroatoms. The van der Waals surface area contributed by atoms with Gasteiger partial charge in [-0.05, 0) is 24.6 Å². The zero-order valence-electron chi connectivity index (χ0n) is 13.6. The molecule has 0 saturated heterocycles. The lowest BCUT2D eigenvalue weighted by Gasteiger charge is -2.14. The van der Waals surface area contributed by atoms with Gasteiger partial charge in [-0.15, -0.1) is 10.2 Å². The summed E-state index contributed by atoms with van der Waals surface area (Å²) < 4.78 is 11.0. The number of rotatable bonds is 10. The van der Waals surface area contributed by atoms with Gasteiger partial charge in [0.2, 0.25) is 5.88 Å². The normalized spacial score (nSPS) is 11.8. The first-order valence-electron chi connectivity index (χ1n) is 7.69. The molecular weight excluding hydrogens is 310 g/mol. The fraction of sp³-hybridized carbons (Fsp3) is 0.375. The lowest BCUT2D eigenvalue weighted by molar-refractivity contribution is 0.105. The van der Waals surface area contributed by atoms with E-state index in [0.29, 0.717) is 31.4 Å². The van der Waals surface area contributed by atoms with Gasteiger partial charge in [0, 0.05) is 19.2 Å². The molecule has 1 aromatic carbocycles. The van der Waals surface area contributed by atoms with Crippen LogP contribution in [0.2, 0.25) is 0 Å². The van der Waals surface area contributed by atoms with Crippen molar-refractivity contribution in [3.63, 3.8) is 0 Å². The van der Waals surface area contributed by atoms with Crippen LogP contribution in [0.15, 0.2) is 36.4 Å². The molecule has 0 aliphatic rings. The molecule has 1 unspecified atom stereocenters. The molecule has 8 nitrogen and oxygen atoms in total. The molecule has 24 heavy (non-hydrogen) atoms. The molecule has 2 aromatic rings. The number of nitrogens with two attached hydrogens (primary N) is 1. The van der Waals surface area contributed by atoms with E-state index >= 15 is 0 Å². The Morgan fingerprint density at radius 3 is 2.71 bits per heavy atom. The van der Waals surface area contributed by atoms with Crippen molar-refractivity contribution >= 4 is 5.82 Å². The number of aliphatic hydroxyl groups excluding tert-OH is 1. The number of hydrogen-bond donors (Lipinski definition) is 4. The Kier molecular flexibility index (Phi) is 7.21. The Bertz CT molecular complexity index is 609. The van der Waals surface area contributed by atoms with Gasteiger partial charge in [0.05, 0.1) is 0 Å². The average molecular weight is 333 g/mol. The molecule has 0 spiro atoms. The summed E-state index contributed by atoms with van der Waals surface area (Å²) in [5, 5.41) is 20.6. The minimum Gasteiger partial charge on any atom is -0.491 e. The SMILES string of the molecule is Cc1ccccc1OCC(O)CNCCOc1ccc(NN)nn1. The molecule has 5 N–H and O–H groups in total. The van der Waals surface area contributed by atoms with E-state index in [9.17, 15) is 5.11 Å². The van der Waals surface area contributed by atoms with E-state index < -0.39 is 6.10 Å². The smallest absolute Gasteiger partial charge is 0.233 e. The molecule has 1 atom stereocenters. The molecule has 1 aromatic heterocycles. The Morgan fingerprint density at radius 2 is 2.00 bits per heavy atom. The minimum atomic E-state index is -0.598. The van der Waals surface area contributed by atoms with Crippen LogP contribution in [0.25, 0.3) is 0 Å². The summed E-state index contributed by atoms with van der Waals surface area (Å²) >= 11 is 0. The molecule has 2 rings (SSSR count). The molecule has 0 saturated carbocycles. The zero-order chi connectivity index (χ0) is 17.2. The van der Waals surface area contributed by atoms with Gasteiger partial charge in [0.25, 0.3) is 0 Å². The van der Waals surface area contributed by atoms with E-state index in [2.05, 4.69) is 20.9 Å². The second kappa shape index (κ2) is 9.66. The molecule has 0 radical (unpaired) electrons. The van der Waals surface area contributed by atoms with Gasteiger partial charge >= 0.3 is 0 Å². The number of aromatic nitrogens is 2. The first-order valence-corrected chi connectivity index (χ1v) is 7.69. The van der Waals surface area contributed by atoms with Gasteiger partial charge in [-0.2, -0.15) is 0 Å². The second-order valence-corrected chi connectivity index (χ2v) is 5.18. The van der Waals surface area contributed by atoms with Crippen molar-refractivity contribution in [1.29, 1.82) is 0 Å². The number of hydrazine groups is 1. The average Bonchev–Trinajstić information content (AvgIpc) is 2.61. The highest BCUT2D eigenvalue weighted by Gasteiger charge is 2.06. The minimum absolute atomic E-state index is 0.234. The van der Waals surface area contributed by atoms with Gasteiger partial charge < -0.3 is 25.3 Å². The van der Waals surface area contributed by atoms with E-state index in [1.165, 1.54) is 0 Å². The molecule has 0 aliphatic carbocycles. The standard InChI is InChI=1S/C16H23N5O3/c1-12-4-2-3-5-14(12)24-11-13(22)10-18-8-9-23-16-7-6-15(19-17)20-21-16/h2-7,13,18,22H,8-11,17H2,1H3,(H,19,20). The fourth-order valence-corrected chi connectivity index (χ4v) is 1.93. The van der Waals surface area contributed by atoms with Crippen molar-refractivity contribution in [2.45, 2.75) is 13.0 Å². The summed E-state index contributed by atoms with van der Waals surface area (Å²) in [6, 6.07) is 11.1. The number of anilines is 1. The molecule has 0 aliphatic heterocycles. The van der Waals surface area contributed by atoms with Crippen LogP contribution in [0, 0.1) is 6.92 Å². The van der Waals surface area contributed by atoms with Crippen LogP contribution in [0.4, 0.5) is 5.82 Å². The maximum atomic E-state index is 9.91. The summed E-state index contributed by atoms with van der Waals surface area (Å²) in [7, 11) is 0. The van der Waals surface area contributed by atoms with Crippen molar-refractivity contribution in [3.05, 3.63) is 42.0 Å². The van der Waals surface area contributed by atoms with Gasteiger partial charge in [-0.25, -0.2) is 5.84 Å².